The van der Waals surface area contributed by atoms with Gasteiger partial charge in [0.05, 0.1) is 12.7 Å². The molecule has 3 aromatic heterocycles. The minimum Gasteiger partial charge on any atom is -0.382 e. The van der Waals surface area contributed by atoms with E-state index >= 15 is 0 Å². The molecule has 1 saturated heterocycles. The van der Waals surface area contributed by atoms with Crippen LogP contribution in [0.3, 0.4) is 0 Å². The first-order valence-corrected chi connectivity index (χ1v) is 8.53. The van der Waals surface area contributed by atoms with E-state index < -0.39 is 5.60 Å². The van der Waals surface area contributed by atoms with E-state index in [2.05, 4.69) is 30.3 Å². The summed E-state index contributed by atoms with van der Waals surface area (Å²) in [7, 11) is 0. The van der Waals surface area contributed by atoms with Crippen LogP contribution < -0.4 is 4.90 Å². The molecule has 0 aliphatic carbocycles. The molecule has 0 bridgehead atoms. The van der Waals surface area contributed by atoms with E-state index in [0.717, 1.165) is 24.5 Å². The highest BCUT2D eigenvalue weighted by Crippen LogP contribution is 2.33. The summed E-state index contributed by atoms with van der Waals surface area (Å²) in [6.45, 7) is 7.28. The van der Waals surface area contributed by atoms with Gasteiger partial charge in [0, 0.05) is 24.3 Å². The third kappa shape index (κ3) is 2.74. The number of fused-ring (bicyclic) bond motifs is 1. The van der Waals surface area contributed by atoms with Gasteiger partial charge in [-0.25, -0.2) is 9.67 Å². The molecule has 0 radical (unpaired) electrons. The first-order chi connectivity index (χ1) is 12.0. The molecule has 4 rings (SSSR count). The molecule has 4 heterocycles. The van der Waals surface area contributed by atoms with Crippen LogP contribution in [0.15, 0.2) is 18.6 Å². The fraction of sp³-hybridized carbons (Fsp3) is 0.562. The largest absolute Gasteiger partial charge is 0.382 e. The van der Waals surface area contributed by atoms with Crippen LogP contribution in [0, 0.1) is 6.92 Å². The van der Waals surface area contributed by atoms with Gasteiger partial charge >= 0.3 is 0 Å². The maximum atomic E-state index is 11.2. The number of aliphatic hydroxyl groups is 1. The summed E-state index contributed by atoms with van der Waals surface area (Å²) in [5.41, 5.74) is 0.456. The van der Waals surface area contributed by atoms with E-state index in [-0.39, 0.29) is 6.04 Å². The molecule has 0 saturated carbocycles. The summed E-state index contributed by atoms with van der Waals surface area (Å²) < 4.78 is 3.49. The molecule has 0 aromatic carbocycles. The normalized spacial score (nSPS) is 21.4. The minimum atomic E-state index is -1.03. The van der Waals surface area contributed by atoms with E-state index in [9.17, 15) is 5.11 Å². The SMILES string of the molecule is Cc1cc(N2CCC[C@](O)(c3cn(C(C)C)nn3)C2)n2ncnc2n1. The predicted molar refractivity (Wildman–Crippen MR) is 91.3 cm³/mol. The molecule has 0 spiro atoms. The highest BCUT2D eigenvalue weighted by molar-refractivity contribution is 5.48. The molecular weight excluding hydrogens is 320 g/mol. The van der Waals surface area contributed by atoms with Gasteiger partial charge < -0.3 is 10.0 Å². The number of aryl methyl sites for hydroxylation is 1. The van der Waals surface area contributed by atoms with Crippen LogP contribution in [-0.4, -0.2) is 52.8 Å². The lowest BCUT2D eigenvalue weighted by atomic mass is 9.90. The number of nitrogens with zero attached hydrogens (tertiary/aromatic N) is 8. The van der Waals surface area contributed by atoms with Gasteiger partial charge in [-0.3, -0.25) is 0 Å². The Hall–Kier alpha value is -2.55. The summed E-state index contributed by atoms with van der Waals surface area (Å²) in [6.07, 6.45) is 4.85. The average Bonchev–Trinajstić information content (AvgIpc) is 3.23. The molecule has 1 aliphatic rings. The number of aromatic nitrogens is 7. The van der Waals surface area contributed by atoms with E-state index in [1.807, 2.05) is 33.0 Å². The fourth-order valence-corrected chi connectivity index (χ4v) is 3.32. The fourth-order valence-electron chi connectivity index (χ4n) is 3.32. The number of piperidine rings is 1. The summed E-state index contributed by atoms with van der Waals surface area (Å²) in [5.74, 6) is 1.45. The first kappa shape index (κ1) is 15.9. The second-order valence-corrected chi connectivity index (χ2v) is 6.96. The molecule has 1 aliphatic heterocycles. The van der Waals surface area contributed by atoms with Gasteiger partial charge in [0.15, 0.2) is 0 Å². The summed E-state index contributed by atoms with van der Waals surface area (Å²) in [5, 5.41) is 23.9. The van der Waals surface area contributed by atoms with Crippen LogP contribution in [0.5, 0.6) is 0 Å². The second kappa shape index (κ2) is 5.76. The quantitative estimate of drug-likeness (QED) is 0.761. The zero-order valence-electron chi connectivity index (χ0n) is 14.7. The lowest BCUT2D eigenvalue weighted by Gasteiger charge is -2.39. The lowest BCUT2D eigenvalue weighted by Crippen LogP contribution is -2.47. The van der Waals surface area contributed by atoms with E-state index in [0.29, 0.717) is 24.4 Å². The average molecular weight is 342 g/mol. The maximum Gasteiger partial charge on any atom is 0.254 e. The molecule has 3 aromatic rings. The van der Waals surface area contributed by atoms with Crippen LogP contribution in [0.4, 0.5) is 5.82 Å². The van der Waals surface area contributed by atoms with Crippen molar-refractivity contribution in [3.8, 4) is 0 Å². The Labute approximate surface area is 145 Å². The Morgan fingerprint density at radius 2 is 2.16 bits per heavy atom. The Balaban J connectivity index is 1.69. The predicted octanol–water partition coefficient (Wildman–Crippen LogP) is 1.09. The van der Waals surface area contributed by atoms with Crippen molar-refractivity contribution in [2.45, 2.75) is 45.3 Å². The topological polar surface area (TPSA) is 97.3 Å². The van der Waals surface area contributed by atoms with Crippen LogP contribution >= 0.6 is 0 Å². The number of hydrogen-bond acceptors (Lipinski definition) is 7. The van der Waals surface area contributed by atoms with Crippen molar-refractivity contribution in [2.24, 2.45) is 0 Å². The third-order valence-electron chi connectivity index (χ3n) is 4.67. The zero-order valence-corrected chi connectivity index (χ0v) is 14.7. The third-order valence-corrected chi connectivity index (χ3v) is 4.67. The van der Waals surface area contributed by atoms with Crippen molar-refractivity contribution < 1.29 is 5.11 Å². The van der Waals surface area contributed by atoms with Gasteiger partial charge in [-0.1, -0.05) is 5.21 Å². The van der Waals surface area contributed by atoms with E-state index in [1.165, 1.54) is 6.33 Å². The summed E-state index contributed by atoms with van der Waals surface area (Å²) >= 11 is 0. The molecule has 25 heavy (non-hydrogen) atoms. The Bertz CT molecular complexity index is 901. The van der Waals surface area contributed by atoms with E-state index in [4.69, 9.17) is 0 Å². The summed E-state index contributed by atoms with van der Waals surface area (Å²) in [6, 6.07) is 2.18. The molecule has 1 fully saturated rings. The molecule has 1 atom stereocenters. The smallest absolute Gasteiger partial charge is 0.254 e. The van der Waals surface area contributed by atoms with Crippen LogP contribution in [0.1, 0.15) is 44.1 Å². The number of hydrogen-bond donors (Lipinski definition) is 1. The molecule has 9 heteroatoms. The van der Waals surface area contributed by atoms with Crippen molar-refractivity contribution in [1.82, 2.24) is 34.6 Å². The van der Waals surface area contributed by atoms with Gasteiger partial charge in [-0.2, -0.15) is 14.6 Å². The van der Waals surface area contributed by atoms with Crippen LogP contribution in [-0.2, 0) is 5.60 Å². The van der Waals surface area contributed by atoms with Gasteiger partial charge in [-0.05, 0) is 33.6 Å². The number of rotatable bonds is 3. The lowest BCUT2D eigenvalue weighted by molar-refractivity contribution is 0.0173. The molecule has 0 amide bonds. The standard InChI is InChI=1S/C16H22N8O/c1-11(2)23-8-13(20-21-23)16(25)5-4-6-22(9-16)14-7-12(3)19-15-17-10-18-24(14)15/h7-8,10-11,25H,4-6,9H2,1-3H3/t16-/m1/s1. The van der Waals surface area contributed by atoms with Gasteiger partial charge in [0.25, 0.3) is 5.78 Å². The van der Waals surface area contributed by atoms with Crippen LogP contribution in [0.25, 0.3) is 5.78 Å². The second-order valence-electron chi connectivity index (χ2n) is 6.96. The zero-order chi connectivity index (χ0) is 17.6. The van der Waals surface area contributed by atoms with Gasteiger partial charge in [0.1, 0.15) is 23.4 Å². The maximum absolute atomic E-state index is 11.2. The molecule has 132 valence electrons. The van der Waals surface area contributed by atoms with Crippen LogP contribution in [0.2, 0.25) is 0 Å². The van der Waals surface area contributed by atoms with Crippen molar-refractivity contribution in [2.75, 3.05) is 18.0 Å². The Morgan fingerprint density at radius 3 is 2.92 bits per heavy atom. The monoisotopic (exact) mass is 342 g/mol. The molecule has 1 N–H and O–H groups in total. The molecule has 9 nitrogen and oxygen atoms in total. The highest BCUT2D eigenvalue weighted by atomic mass is 16.3. The van der Waals surface area contributed by atoms with Crippen molar-refractivity contribution in [1.29, 1.82) is 0 Å². The van der Waals surface area contributed by atoms with E-state index in [1.54, 1.807) is 9.20 Å². The number of β-amino-alcohol motifs (C(OH)–C–C–N with tert-alkyl or cyclic N) is 1. The number of anilines is 1. The van der Waals surface area contributed by atoms with Crippen molar-refractivity contribution in [3.63, 3.8) is 0 Å². The molecular formula is C16H22N8O. The molecule has 0 unspecified atom stereocenters. The van der Waals surface area contributed by atoms with Gasteiger partial charge in [-0.15, -0.1) is 5.10 Å². The summed E-state index contributed by atoms with van der Waals surface area (Å²) in [4.78, 5) is 10.7. The van der Waals surface area contributed by atoms with Crippen molar-refractivity contribution in [3.05, 3.63) is 30.0 Å². The minimum absolute atomic E-state index is 0.210. The first-order valence-electron chi connectivity index (χ1n) is 8.53. The Morgan fingerprint density at radius 1 is 1.32 bits per heavy atom. The van der Waals surface area contributed by atoms with Crippen molar-refractivity contribution >= 4 is 11.6 Å². The highest BCUT2D eigenvalue weighted by Gasteiger charge is 2.38. The Kier molecular flexibility index (Phi) is 3.68. The van der Waals surface area contributed by atoms with Gasteiger partial charge in [0.2, 0.25) is 0 Å².